The average Bonchev–Trinajstić information content (AvgIpc) is 2.75. The number of aryl methyl sites for hydroxylation is 2. The number of carbonyl (C=O) groups is 1. The molecule has 0 amide bonds. The summed E-state index contributed by atoms with van der Waals surface area (Å²) in [4.78, 5) is 9.00. The van der Waals surface area contributed by atoms with Crippen molar-refractivity contribution in [3.05, 3.63) is 71.8 Å². The molecule has 0 bridgehead atoms. The second-order valence-corrected chi connectivity index (χ2v) is 5.35. The maximum atomic E-state index is 9.00. The number of carboxylic acids is 1. The van der Waals surface area contributed by atoms with E-state index >= 15 is 0 Å². The maximum absolute atomic E-state index is 9.00. The SMILES string of the molecule is CC(=O)O.CCOC.CCOC.CCc1ccccc1.CCc1ccccc1. The van der Waals surface area contributed by atoms with Crippen LogP contribution in [0.4, 0.5) is 0 Å². The summed E-state index contributed by atoms with van der Waals surface area (Å²) in [7, 11) is 3.36. The molecule has 1 N–H and O–H groups in total. The molecule has 4 heteroatoms. The van der Waals surface area contributed by atoms with Gasteiger partial charge in [0.05, 0.1) is 0 Å². The second-order valence-electron chi connectivity index (χ2n) is 5.35. The van der Waals surface area contributed by atoms with Gasteiger partial charge in [-0.15, -0.1) is 0 Å². The van der Waals surface area contributed by atoms with E-state index in [1.165, 1.54) is 11.1 Å². The molecular formula is C24H40O4. The molecule has 0 aliphatic heterocycles. The van der Waals surface area contributed by atoms with Crippen LogP contribution in [0.3, 0.4) is 0 Å². The van der Waals surface area contributed by atoms with E-state index in [2.05, 4.69) is 71.9 Å². The molecule has 0 aliphatic rings. The summed E-state index contributed by atoms with van der Waals surface area (Å²) in [6.07, 6.45) is 2.28. The van der Waals surface area contributed by atoms with Gasteiger partial charge >= 0.3 is 0 Å². The molecular weight excluding hydrogens is 352 g/mol. The zero-order valence-corrected chi connectivity index (χ0v) is 18.8. The van der Waals surface area contributed by atoms with Crippen molar-refractivity contribution < 1.29 is 19.4 Å². The standard InChI is InChI=1S/2C8H10.2C3H8O.C2H4O2/c2*1-2-8-6-4-3-5-7-8;2*1-3-4-2;1-2(3)4/h2*3-7H,2H2,1H3;2*3H2,1-2H3;1H3,(H,3,4). The van der Waals surface area contributed by atoms with Gasteiger partial charge < -0.3 is 14.6 Å². The van der Waals surface area contributed by atoms with Gasteiger partial charge in [0, 0.05) is 34.4 Å². The minimum Gasteiger partial charge on any atom is -0.481 e. The highest BCUT2D eigenvalue weighted by molar-refractivity contribution is 5.62. The van der Waals surface area contributed by atoms with Crippen LogP contribution < -0.4 is 0 Å². The number of methoxy groups -OCH3 is 2. The van der Waals surface area contributed by atoms with Crippen molar-refractivity contribution in [3.63, 3.8) is 0 Å². The first kappa shape index (κ1) is 30.6. The van der Waals surface area contributed by atoms with Crippen molar-refractivity contribution in [2.24, 2.45) is 0 Å². The van der Waals surface area contributed by atoms with Crippen LogP contribution in [-0.4, -0.2) is 38.5 Å². The molecule has 0 saturated heterocycles. The third kappa shape index (κ3) is 31.6. The highest BCUT2D eigenvalue weighted by Crippen LogP contribution is 1.97. The number of rotatable bonds is 4. The van der Waals surface area contributed by atoms with Crippen LogP contribution in [0.25, 0.3) is 0 Å². The summed E-state index contributed by atoms with van der Waals surface area (Å²) in [6.45, 7) is 11.0. The Hall–Kier alpha value is -2.17. The summed E-state index contributed by atoms with van der Waals surface area (Å²) in [5.41, 5.74) is 2.82. The van der Waals surface area contributed by atoms with Crippen LogP contribution in [0.5, 0.6) is 0 Å². The van der Waals surface area contributed by atoms with Gasteiger partial charge in [0.15, 0.2) is 0 Å². The van der Waals surface area contributed by atoms with Gasteiger partial charge in [-0.3, -0.25) is 4.79 Å². The second kappa shape index (κ2) is 27.1. The highest BCUT2D eigenvalue weighted by Gasteiger charge is 1.80. The van der Waals surface area contributed by atoms with Crippen LogP contribution in [-0.2, 0) is 27.1 Å². The molecule has 0 saturated carbocycles. The molecule has 0 spiro atoms. The van der Waals surface area contributed by atoms with Crippen molar-refractivity contribution in [2.75, 3.05) is 27.4 Å². The number of benzene rings is 2. The fourth-order valence-electron chi connectivity index (χ4n) is 1.43. The van der Waals surface area contributed by atoms with Crippen molar-refractivity contribution in [1.82, 2.24) is 0 Å². The molecule has 28 heavy (non-hydrogen) atoms. The largest absolute Gasteiger partial charge is 0.481 e. The number of carboxylic acid groups (broad SMARTS) is 1. The van der Waals surface area contributed by atoms with Gasteiger partial charge in [-0.1, -0.05) is 74.5 Å². The zero-order chi connectivity index (χ0) is 22.0. The number of aliphatic carboxylic acids is 1. The van der Waals surface area contributed by atoms with E-state index in [0.29, 0.717) is 0 Å². The fourth-order valence-corrected chi connectivity index (χ4v) is 1.43. The molecule has 0 aromatic heterocycles. The Balaban J connectivity index is -0.000000294. The Morgan fingerprint density at radius 1 is 0.714 bits per heavy atom. The molecule has 0 unspecified atom stereocenters. The first-order valence-electron chi connectivity index (χ1n) is 9.68. The third-order valence-electron chi connectivity index (χ3n) is 3.08. The Morgan fingerprint density at radius 2 is 0.929 bits per heavy atom. The Labute approximate surface area is 172 Å². The lowest BCUT2D eigenvalue weighted by Crippen LogP contribution is -1.78. The lowest BCUT2D eigenvalue weighted by atomic mass is 10.2. The molecule has 160 valence electrons. The van der Waals surface area contributed by atoms with E-state index in [4.69, 9.17) is 9.90 Å². The quantitative estimate of drug-likeness (QED) is 0.704. The van der Waals surface area contributed by atoms with Gasteiger partial charge in [-0.05, 0) is 37.8 Å². The fraction of sp³-hybridized carbons (Fsp3) is 0.458. The molecule has 2 aromatic rings. The molecule has 0 fully saturated rings. The highest BCUT2D eigenvalue weighted by atomic mass is 16.5. The normalized spacial score (nSPS) is 8.25. The lowest BCUT2D eigenvalue weighted by molar-refractivity contribution is -0.134. The summed E-state index contributed by atoms with van der Waals surface area (Å²) < 4.78 is 9.08. The van der Waals surface area contributed by atoms with E-state index in [-0.39, 0.29) is 0 Å². The van der Waals surface area contributed by atoms with Crippen LogP contribution in [0.1, 0.15) is 45.7 Å². The molecule has 0 heterocycles. The van der Waals surface area contributed by atoms with Crippen molar-refractivity contribution in [1.29, 1.82) is 0 Å². The van der Waals surface area contributed by atoms with Crippen molar-refractivity contribution in [2.45, 2.75) is 47.5 Å². The Morgan fingerprint density at radius 3 is 1.04 bits per heavy atom. The summed E-state index contributed by atoms with van der Waals surface area (Å²) in [5, 5.41) is 7.42. The van der Waals surface area contributed by atoms with E-state index < -0.39 is 5.97 Å². The van der Waals surface area contributed by atoms with E-state index in [1.807, 2.05) is 26.0 Å². The first-order valence-corrected chi connectivity index (χ1v) is 9.68. The average molecular weight is 393 g/mol. The van der Waals surface area contributed by atoms with Crippen molar-refractivity contribution >= 4 is 5.97 Å². The summed E-state index contributed by atoms with van der Waals surface area (Å²) in [6, 6.07) is 20.9. The summed E-state index contributed by atoms with van der Waals surface area (Å²) in [5.74, 6) is -0.833. The predicted octanol–water partition coefficient (Wildman–Crippen LogP) is 5.89. The van der Waals surface area contributed by atoms with Crippen LogP contribution >= 0.6 is 0 Å². The topological polar surface area (TPSA) is 55.8 Å². The minimum atomic E-state index is -0.833. The van der Waals surface area contributed by atoms with E-state index in [9.17, 15) is 0 Å². The lowest BCUT2D eigenvalue weighted by Gasteiger charge is -1.89. The molecule has 4 nitrogen and oxygen atoms in total. The van der Waals surface area contributed by atoms with Gasteiger partial charge in [-0.2, -0.15) is 0 Å². The van der Waals surface area contributed by atoms with Gasteiger partial charge in [0.25, 0.3) is 5.97 Å². The maximum Gasteiger partial charge on any atom is 0.300 e. The first-order chi connectivity index (χ1) is 13.4. The van der Waals surface area contributed by atoms with Gasteiger partial charge in [0.1, 0.15) is 0 Å². The molecule has 2 rings (SSSR count). The Kier molecular flexibility index (Phi) is 29.5. The zero-order valence-electron chi connectivity index (χ0n) is 18.8. The van der Waals surface area contributed by atoms with Crippen molar-refractivity contribution in [3.8, 4) is 0 Å². The monoisotopic (exact) mass is 392 g/mol. The van der Waals surface area contributed by atoms with Gasteiger partial charge in [0.2, 0.25) is 0 Å². The predicted molar refractivity (Wildman–Crippen MR) is 120 cm³/mol. The number of hydrogen-bond donors (Lipinski definition) is 1. The number of hydrogen-bond acceptors (Lipinski definition) is 3. The molecule has 0 atom stereocenters. The van der Waals surface area contributed by atoms with Crippen LogP contribution in [0, 0.1) is 0 Å². The van der Waals surface area contributed by atoms with E-state index in [1.54, 1.807) is 14.2 Å². The van der Waals surface area contributed by atoms with Crippen LogP contribution in [0.15, 0.2) is 60.7 Å². The minimum absolute atomic E-state index is 0.819. The molecule has 0 radical (unpaired) electrons. The summed E-state index contributed by atoms with van der Waals surface area (Å²) >= 11 is 0. The smallest absolute Gasteiger partial charge is 0.300 e. The molecule has 0 aliphatic carbocycles. The third-order valence-corrected chi connectivity index (χ3v) is 3.08. The van der Waals surface area contributed by atoms with Crippen LogP contribution in [0.2, 0.25) is 0 Å². The Bertz CT molecular complexity index is 461. The number of ether oxygens (including phenoxy) is 2. The molecule has 2 aromatic carbocycles. The van der Waals surface area contributed by atoms with E-state index in [0.717, 1.165) is 33.0 Å². The van der Waals surface area contributed by atoms with Gasteiger partial charge in [-0.25, -0.2) is 0 Å².